The Morgan fingerprint density at radius 1 is 1.30 bits per heavy atom. The molecule has 5 nitrogen and oxygen atoms in total. The van der Waals surface area contributed by atoms with Gasteiger partial charge in [0.15, 0.2) is 0 Å². The smallest absolute Gasteiger partial charge is 0.300 e. The molecule has 0 aliphatic carbocycles. The molecule has 1 aliphatic heterocycles. The number of nitrogens with one attached hydrogen (secondary N) is 1. The molecule has 0 atom stereocenters. The molecule has 0 radical (unpaired) electrons. The first kappa shape index (κ1) is 14.5. The van der Waals surface area contributed by atoms with Crippen LogP contribution in [0.1, 0.15) is 31.1 Å². The summed E-state index contributed by atoms with van der Waals surface area (Å²) in [6.45, 7) is 5.32. The van der Waals surface area contributed by atoms with Gasteiger partial charge in [-0.05, 0) is 32.9 Å². The Labute approximate surface area is 121 Å². The highest BCUT2D eigenvalue weighted by Crippen LogP contribution is 2.33. The number of benzene rings is 1. The molecule has 0 saturated carbocycles. The summed E-state index contributed by atoms with van der Waals surface area (Å²) in [5.74, 6) is -1.72. The van der Waals surface area contributed by atoms with Gasteiger partial charge in [0.05, 0.1) is 16.3 Å². The number of nitrogens with zero attached hydrogens (tertiary/aromatic N) is 1. The number of carbonyl (C=O) groups excluding carboxylic acids is 3. The number of ketones is 1. The second-order valence-electron chi connectivity index (χ2n) is 5.65. The van der Waals surface area contributed by atoms with Crippen LogP contribution in [0.2, 0.25) is 5.02 Å². The lowest BCUT2D eigenvalue weighted by Gasteiger charge is -2.23. The maximum atomic E-state index is 12.0. The van der Waals surface area contributed by atoms with Crippen molar-refractivity contribution in [2.24, 2.45) is 0 Å². The Kier molecular flexibility index (Phi) is 3.56. The molecule has 1 heterocycles. The summed E-state index contributed by atoms with van der Waals surface area (Å²) in [7, 11) is 0. The summed E-state index contributed by atoms with van der Waals surface area (Å²) in [5.41, 5.74) is 0.153. The predicted molar refractivity (Wildman–Crippen MR) is 76.0 cm³/mol. The number of Topliss-reactive ketones (excluding diaryl/α,β-unsaturated/α-hetero) is 1. The molecule has 0 unspecified atom stereocenters. The Bertz CT molecular complexity index is 605. The number of hydrogen-bond acceptors (Lipinski definition) is 3. The van der Waals surface area contributed by atoms with E-state index in [1.807, 2.05) is 20.8 Å². The van der Waals surface area contributed by atoms with Crippen molar-refractivity contribution >= 4 is 34.9 Å². The first-order chi connectivity index (χ1) is 9.20. The molecule has 20 heavy (non-hydrogen) atoms. The average molecular weight is 295 g/mol. The number of fused-ring (bicyclic) bond motifs is 1. The molecule has 1 aliphatic rings. The van der Waals surface area contributed by atoms with Crippen LogP contribution in [-0.2, 0) is 9.59 Å². The van der Waals surface area contributed by atoms with E-state index in [1.165, 1.54) is 0 Å². The Morgan fingerprint density at radius 3 is 2.55 bits per heavy atom. The van der Waals surface area contributed by atoms with Crippen LogP contribution in [0.5, 0.6) is 0 Å². The Balaban J connectivity index is 2.27. The molecular formula is C14H15ClN2O3. The maximum absolute atomic E-state index is 12.0. The third-order valence-electron chi connectivity index (χ3n) is 2.77. The zero-order valence-corrected chi connectivity index (χ0v) is 12.2. The van der Waals surface area contributed by atoms with Gasteiger partial charge in [0.2, 0.25) is 5.91 Å². The lowest BCUT2D eigenvalue weighted by molar-refractivity contribution is -0.123. The largest absolute Gasteiger partial charge is 0.350 e. The number of hydrogen-bond donors (Lipinski definition) is 1. The van der Waals surface area contributed by atoms with Crippen LogP contribution < -0.4 is 10.2 Å². The van der Waals surface area contributed by atoms with Gasteiger partial charge in [0, 0.05) is 5.54 Å². The van der Waals surface area contributed by atoms with Gasteiger partial charge in [-0.3, -0.25) is 19.3 Å². The van der Waals surface area contributed by atoms with Gasteiger partial charge in [0.1, 0.15) is 6.54 Å². The van der Waals surface area contributed by atoms with Gasteiger partial charge in [0.25, 0.3) is 11.7 Å². The first-order valence-electron chi connectivity index (χ1n) is 6.16. The van der Waals surface area contributed by atoms with E-state index in [-0.39, 0.29) is 23.0 Å². The quantitative estimate of drug-likeness (QED) is 0.846. The number of rotatable bonds is 2. The summed E-state index contributed by atoms with van der Waals surface area (Å²) >= 11 is 5.94. The van der Waals surface area contributed by atoms with Gasteiger partial charge in [-0.2, -0.15) is 0 Å². The SMILES string of the molecule is CC(C)(C)NC(=O)CN1C(=O)C(=O)c2c(Cl)cccc21. The molecule has 0 aromatic heterocycles. The fourth-order valence-corrected chi connectivity index (χ4v) is 2.32. The fraction of sp³-hybridized carbons (Fsp3) is 0.357. The van der Waals surface area contributed by atoms with E-state index in [0.29, 0.717) is 5.69 Å². The van der Waals surface area contributed by atoms with Crippen LogP contribution in [0.25, 0.3) is 0 Å². The van der Waals surface area contributed by atoms with Crippen molar-refractivity contribution < 1.29 is 14.4 Å². The van der Waals surface area contributed by atoms with Gasteiger partial charge in [-0.1, -0.05) is 17.7 Å². The van der Waals surface area contributed by atoms with Gasteiger partial charge >= 0.3 is 0 Å². The van der Waals surface area contributed by atoms with Crippen molar-refractivity contribution in [2.75, 3.05) is 11.4 Å². The van der Waals surface area contributed by atoms with E-state index >= 15 is 0 Å². The Morgan fingerprint density at radius 2 is 1.95 bits per heavy atom. The second-order valence-corrected chi connectivity index (χ2v) is 6.06. The second kappa shape index (κ2) is 4.90. The minimum atomic E-state index is -0.725. The molecule has 1 N–H and O–H groups in total. The van der Waals surface area contributed by atoms with E-state index in [2.05, 4.69) is 5.32 Å². The van der Waals surface area contributed by atoms with Crippen molar-refractivity contribution in [1.82, 2.24) is 5.32 Å². The number of carbonyl (C=O) groups is 3. The maximum Gasteiger partial charge on any atom is 0.300 e. The third kappa shape index (κ3) is 2.67. The summed E-state index contributed by atoms with van der Waals surface area (Å²) < 4.78 is 0. The van der Waals surface area contributed by atoms with Crippen LogP contribution >= 0.6 is 11.6 Å². The summed E-state index contributed by atoms with van der Waals surface area (Å²) in [6.07, 6.45) is 0. The average Bonchev–Trinajstić information content (AvgIpc) is 2.53. The third-order valence-corrected chi connectivity index (χ3v) is 3.08. The molecular weight excluding hydrogens is 280 g/mol. The minimum Gasteiger partial charge on any atom is -0.350 e. The van der Waals surface area contributed by atoms with Crippen molar-refractivity contribution in [3.05, 3.63) is 28.8 Å². The Hall–Kier alpha value is -1.88. The highest BCUT2D eigenvalue weighted by molar-refractivity contribution is 6.55. The molecule has 1 aromatic carbocycles. The molecule has 6 heteroatoms. The normalized spacial score (nSPS) is 14.5. The highest BCUT2D eigenvalue weighted by atomic mass is 35.5. The van der Waals surface area contributed by atoms with E-state index in [1.54, 1.807) is 18.2 Å². The monoisotopic (exact) mass is 294 g/mol. The topological polar surface area (TPSA) is 66.5 Å². The van der Waals surface area contributed by atoms with E-state index in [9.17, 15) is 14.4 Å². The summed E-state index contributed by atoms with van der Waals surface area (Å²) in [5, 5.41) is 2.97. The molecule has 0 bridgehead atoms. The van der Waals surface area contributed by atoms with Crippen molar-refractivity contribution in [2.45, 2.75) is 26.3 Å². The minimum absolute atomic E-state index is 0.169. The molecule has 0 fully saturated rings. The number of anilines is 1. The highest BCUT2D eigenvalue weighted by Gasteiger charge is 2.38. The molecule has 0 spiro atoms. The lowest BCUT2D eigenvalue weighted by Crippen LogP contribution is -2.47. The van der Waals surface area contributed by atoms with Gasteiger partial charge in [-0.25, -0.2) is 0 Å². The van der Waals surface area contributed by atoms with E-state index in [0.717, 1.165) is 4.90 Å². The fourth-order valence-electron chi connectivity index (χ4n) is 2.06. The standard InChI is InChI=1S/C14H15ClN2O3/c1-14(2,3)16-10(18)7-17-9-6-4-5-8(15)11(9)12(19)13(17)20/h4-6H,7H2,1-3H3,(H,16,18). The van der Waals surface area contributed by atoms with Crippen LogP contribution in [0.3, 0.4) is 0 Å². The molecule has 0 saturated heterocycles. The lowest BCUT2D eigenvalue weighted by atomic mass is 10.1. The van der Waals surface area contributed by atoms with Crippen LogP contribution in [0, 0.1) is 0 Å². The summed E-state index contributed by atoms with van der Waals surface area (Å²) in [4.78, 5) is 36.9. The molecule has 1 aromatic rings. The van der Waals surface area contributed by atoms with Gasteiger partial charge < -0.3 is 5.32 Å². The number of halogens is 1. The van der Waals surface area contributed by atoms with E-state index in [4.69, 9.17) is 11.6 Å². The molecule has 2 amide bonds. The predicted octanol–water partition coefficient (Wildman–Crippen LogP) is 1.78. The summed E-state index contributed by atoms with van der Waals surface area (Å²) in [6, 6.07) is 4.79. The zero-order chi connectivity index (χ0) is 15.1. The van der Waals surface area contributed by atoms with Crippen LogP contribution in [0.4, 0.5) is 5.69 Å². The zero-order valence-electron chi connectivity index (χ0n) is 11.5. The molecule has 2 rings (SSSR count). The van der Waals surface area contributed by atoms with Crippen molar-refractivity contribution in [1.29, 1.82) is 0 Å². The first-order valence-corrected chi connectivity index (χ1v) is 6.54. The van der Waals surface area contributed by atoms with Crippen LogP contribution in [-0.4, -0.2) is 29.7 Å². The molecule has 106 valence electrons. The van der Waals surface area contributed by atoms with Crippen LogP contribution in [0.15, 0.2) is 18.2 Å². The van der Waals surface area contributed by atoms with Gasteiger partial charge in [-0.15, -0.1) is 0 Å². The van der Waals surface area contributed by atoms with E-state index < -0.39 is 17.2 Å². The van der Waals surface area contributed by atoms with Crippen molar-refractivity contribution in [3.63, 3.8) is 0 Å². The van der Waals surface area contributed by atoms with Crippen molar-refractivity contribution in [3.8, 4) is 0 Å². The number of amides is 2.